The van der Waals surface area contributed by atoms with Crippen molar-refractivity contribution in [3.8, 4) is 17.2 Å². The van der Waals surface area contributed by atoms with Gasteiger partial charge in [-0.1, -0.05) is 94.6 Å². The van der Waals surface area contributed by atoms with Crippen molar-refractivity contribution in [2.75, 3.05) is 0 Å². The van der Waals surface area contributed by atoms with Crippen molar-refractivity contribution in [2.24, 2.45) is 0 Å². The second-order valence-corrected chi connectivity index (χ2v) is 9.56. The highest BCUT2D eigenvalue weighted by atomic mass is 27.0. The average molecular weight is 523 g/mol. The fourth-order valence-corrected chi connectivity index (χ4v) is 3.87. The van der Waals surface area contributed by atoms with E-state index in [9.17, 15) is 15.3 Å². The molecule has 0 amide bonds. The number of rotatable bonds is 9. The van der Waals surface area contributed by atoms with Crippen LogP contribution in [-0.2, 0) is 19.3 Å². The summed E-state index contributed by atoms with van der Waals surface area (Å²) in [6.45, 7) is 12.3. The third-order valence-electron chi connectivity index (χ3n) is 6.36. The molecule has 3 rings (SSSR count). The SMILES string of the molecule is CCCCc1cccc(C)c1O.CCCCc1cccc(C)c1O.CCCCc1cccc(C)c1O.[AlH3]. The molecule has 0 aromatic heterocycles. The Bertz CT molecular complexity index is 898. The van der Waals surface area contributed by atoms with Crippen molar-refractivity contribution < 1.29 is 15.3 Å². The van der Waals surface area contributed by atoms with Gasteiger partial charge in [-0.2, -0.15) is 0 Å². The minimum atomic E-state index is 0. The van der Waals surface area contributed by atoms with Gasteiger partial charge in [0, 0.05) is 0 Å². The van der Waals surface area contributed by atoms with Crippen LogP contribution in [0.25, 0.3) is 0 Å². The lowest BCUT2D eigenvalue weighted by Crippen LogP contribution is -1.87. The second kappa shape index (κ2) is 19.7. The average Bonchev–Trinajstić information content (AvgIpc) is 2.87. The van der Waals surface area contributed by atoms with Gasteiger partial charge < -0.3 is 15.3 Å². The lowest BCUT2D eigenvalue weighted by atomic mass is 10.0. The van der Waals surface area contributed by atoms with Crippen molar-refractivity contribution in [1.29, 1.82) is 0 Å². The molecule has 0 aliphatic carbocycles. The zero-order valence-corrected chi connectivity index (χ0v) is 23.4. The quantitative estimate of drug-likeness (QED) is 0.250. The number of benzene rings is 3. The molecule has 0 bridgehead atoms. The number of para-hydroxylation sites is 3. The molecule has 3 N–H and O–H groups in total. The van der Waals surface area contributed by atoms with E-state index in [0.717, 1.165) is 71.9 Å². The summed E-state index contributed by atoms with van der Waals surface area (Å²) in [4.78, 5) is 0. The molecular formula is C33H51AlO3. The maximum absolute atomic E-state index is 9.62. The van der Waals surface area contributed by atoms with Crippen LogP contribution in [0.4, 0.5) is 0 Å². The van der Waals surface area contributed by atoms with Gasteiger partial charge in [0.2, 0.25) is 0 Å². The largest absolute Gasteiger partial charge is 0.507 e. The van der Waals surface area contributed by atoms with Crippen LogP contribution in [0.3, 0.4) is 0 Å². The Morgan fingerprint density at radius 3 is 0.919 bits per heavy atom. The number of phenolic OH excluding ortho intramolecular Hbond substituents is 3. The topological polar surface area (TPSA) is 60.7 Å². The van der Waals surface area contributed by atoms with E-state index in [-0.39, 0.29) is 17.4 Å². The maximum atomic E-state index is 9.62. The minimum Gasteiger partial charge on any atom is -0.507 e. The zero-order chi connectivity index (χ0) is 26.9. The Morgan fingerprint density at radius 2 is 0.703 bits per heavy atom. The second-order valence-electron chi connectivity index (χ2n) is 9.56. The normalized spacial score (nSPS) is 9.89. The smallest absolute Gasteiger partial charge is 0.187 e. The molecule has 0 heterocycles. The summed E-state index contributed by atoms with van der Waals surface area (Å²) in [7, 11) is 0. The number of hydrogen-bond acceptors (Lipinski definition) is 3. The van der Waals surface area contributed by atoms with Gasteiger partial charge in [-0.3, -0.25) is 0 Å². The molecule has 0 saturated carbocycles. The zero-order valence-electron chi connectivity index (χ0n) is 23.4. The van der Waals surface area contributed by atoms with Crippen LogP contribution in [0, 0.1) is 20.8 Å². The summed E-state index contributed by atoms with van der Waals surface area (Å²) in [6.07, 6.45) is 9.94. The lowest BCUT2D eigenvalue weighted by Gasteiger charge is -2.05. The van der Waals surface area contributed by atoms with Crippen molar-refractivity contribution in [2.45, 2.75) is 99.3 Å². The third-order valence-corrected chi connectivity index (χ3v) is 6.36. The first-order valence-electron chi connectivity index (χ1n) is 13.6. The van der Waals surface area contributed by atoms with Gasteiger partial charge in [0.15, 0.2) is 17.4 Å². The summed E-state index contributed by atoms with van der Waals surface area (Å²) in [5.74, 6) is 1.43. The van der Waals surface area contributed by atoms with Gasteiger partial charge in [0.1, 0.15) is 17.2 Å². The van der Waals surface area contributed by atoms with Crippen LogP contribution in [0.15, 0.2) is 54.6 Å². The monoisotopic (exact) mass is 522 g/mol. The molecule has 3 aromatic rings. The van der Waals surface area contributed by atoms with Crippen LogP contribution in [0.5, 0.6) is 17.2 Å². The summed E-state index contributed by atoms with van der Waals surface area (Å²) in [5.41, 5.74) is 6.17. The van der Waals surface area contributed by atoms with Crippen LogP contribution >= 0.6 is 0 Å². The predicted octanol–water partition coefficient (Wildman–Crippen LogP) is 7.95. The highest BCUT2D eigenvalue weighted by Gasteiger charge is 2.03. The summed E-state index contributed by atoms with van der Waals surface area (Å²) < 4.78 is 0. The highest BCUT2D eigenvalue weighted by molar-refractivity contribution is 5.75. The Hall–Kier alpha value is -2.41. The Balaban J connectivity index is 0.000000518. The van der Waals surface area contributed by atoms with Gasteiger partial charge >= 0.3 is 0 Å². The number of aryl methyl sites for hydroxylation is 6. The summed E-state index contributed by atoms with van der Waals surface area (Å²) >= 11 is 0. The van der Waals surface area contributed by atoms with E-state index in [1.165, 1.54) is 19.3 Å². The predicted molar refractivity (Wildman–Crippen MR) is 164 cm³/mol. The van der Waals surface area contributed by atoms with E-state index in [2.05, 4.69) is 20.8 Å². The van der Waals surface area contributed by atoms with Crippen LogP contribution in [0.1, 0.15) is 92.7 Å². The summed E-state index contributed by atoms with van der Waals surface area (Å²) in [5, 5.41) is 28.9. The fourth-order valence-electron chi connectivity index (χ4n) is 3.87. The van der Waals surface area contributed by atoms with Gasteiger partial charge in [-0.05, 0) is 92.7 Å². The number of aromatic hydroxyl groups is 3. The first-order chi connectivity index (χ1) is 17.3. The molecule has 0 unspecified atom stereocenters. The Morgan fingerprint density at radius 1 is 0.459 bits per heavy atom. The van der Waals surface area contributed by atoms with Crippen molar-refractivity contribution in [1.82, 2.24) is 0 Å². The van der Waals surface area contributed by atoms with E-state index in [0.29, 0.717) is 17.2 Å². The van der Waals surface area contributed by atoms with Crippen LogP contribution < -0.4 is 0 Å². The van der Waals surface area contributed by atoms with Crippen molar-refractivity contribution >= 4 is 17.4 Å². The number of unbranched alkanes of at least 4 members (excludes halogenated alkanes) is 3. The van der Waals surface area contributed by atoms with E-state index in [1.54, 1.807) is 0 Å². The molecule has 204 valence electrons. The molecule has 0 aliphatic heterocycles. The first-order valence-corrected chi connectivity index (χ1v) is 13.6. The molecule has 0 spiro atoms. The van der Waals surface area contributed by atoms with Gasteiger partial charge in [-0.15, -0.1) is 0 Å². The maximum Gasteiger partial charge on any atom is 0.187 e. The van der Waals surface area contributed by atoms with E-state index < -0.39 is 0 Å². The third kappa shape index (κ3) is 12.6. The van der Waals surface area contributed by atoms with Crippen LogP contribution in [-0.4, -0.2) is 32.7 Å². The molecule has 0 aliphatic rings. The van der Waals surface area contributed by atoms with E-state index in [1.807, 2.05) is 75.4 Å². The molecule has 3 nitrogen and oxygen atoms in total. The molecule has 37 heavy (non-hydrogen) atoms. The standard InChI is InChI=1S/3C11H16O.Al.3H/c3*1-3-4-7-10-8-5-6-9(2)11(10)12;;;;/h3*5-6,8,12H,3-4,7H2,1-2H3;;;;. The van der Waals surface area contributed by atoms with E-state index >= 15 is 0 Å². The van der Waals surface area contributed by atoms with Crippen molar-refractivity contribution in [3.63, 3.8) is 0 Å². The first kappa shape index (κ1) is 34.6. The molecule has 0 radical (unpaired) electrons. The Labute approximate surface area is 236 Å². The lowest BCUT2D eigenvalue weighted by molar-refractivity contribution is 0.462. The summed E-state index contributed by atoms with van der Waals surface area (Å²) in [6, 6.07) is 17.8. The molecular weight excluding hydrogens is 471 g/mol. The molecule has 4 heteroatoms. The minimum absolute atomic E-state index is 0. The van der Waals surface area contributed by atoms with Gasteiger partial charge in [-0.25, -0.2) is 0 Å². The molecule has 3 aromatic carbocycles. The number of phenols is 3. The fraction of sp³-hybridized carbons (Fsp3) is 0.455. The van der Waals surface area contributed by atoms with Crippen LogP contribution in [0.2, 0.25) is 0 Å². The van der Waals surface area contributed by atoms with Gasteiger partial charge in [0.05, 0.1) is 0 Å². The highest BCUT2D eigenvalue weighted by Crippen LogP contribution is 2.24. The van der Waals surface area contributed by atoms with Crippen molar-refractivity contribution in [3.05, 3.63) is 88.0 Å². The number of hydrogen-bond donors (Lipinski definition) is 3. The van der Waals surface area contributed by atoms with E-state index in [4.69, 9.17) is 0 Å². The Kier molecular flexibility index (Phi) is 18.4. The molecule has 0 fully saturated rings. The molecule has 0 atom stereocenters. The molecule has 0 saturated heterocycles. The van der Waals surface area contributed by atoms with Gasteiger partial charge in [0.25, 0.3) is 0 Å².